The second-order valence-electron chi connectivity index (χ2n) is 6.84. The first kappa shape index (κ1) is 20.0. The molecule has 0 saturated carbocycles. The molecular weight excluding hydrogens is 399 g/mol. The van der Waals surface area contributed by atoms with Crippen molar-refractivity contribution in [3.05, 3.63) is 96.6 Å². The summed E-state index contributed by atoms with van der Waals surface area (Å²) >= 11 is 0. The molecule has 0 heterocycles. The minimum atomic E-state index is -4.78. The van der Waals surface area contributed by atoms with Gasteiger partial charge in [-0.15, -0.1) is 0 Å². The third-order valence-electron chi connectivity index (χ3n) is 4.79. The fourth-order valence-electron chi connectivity index (χ4n) is 3.55. The number of phosphoric ester groups is 1. The lowest BCUT2D eigenvalue weighted by Crippen LogP contribution is -2.01. The molecule has 2 N–H and O–H groups in total. The Bertz CT molecular complexity index is 1190. The van der Waals surface area contributed by atoms with Crippen molar-refractivity contribution in [1.82, 2.24) is 0 Å². The molecule has 0 fully saturated rings. The standard InChI is InChI=1S/C24H19O5P/c25-20-13-11-17(12-14-20)21-15-16-22(29-30(26,27)28)24(19-9-5-2-6-10-19)23(21)18-7-3-1-4-8-18/h1-13,15-16H,14H2,(H2,26,27,28). The largest absolute Gasteiger partial charge is 0.524 e. The van der Waals surface area contributed by atoms with Crippen molar-refractivity contribution < 1.29 is 23.7 Å². The first-order chi connectivity index (χ1) is 14.4. The van der Waals surface area contributed by atoms with Gasteiger partial charge in [0.05, 0.1) is 0 Å². The van der Waals surface area contributed by atoms with Gasteiger partial charge in [0.2, 0.25) is 0 Å². The molecule has 1 aliphatic carbocycles. The molecule has 5 nitrogen and oxygen atoms in total. The minimum Gasteiger partial charge on any atom is -0.404 e. The van der Waals surface area contributed by atoms with Crippen LogP contribution in [0.5, 0.6) is 5.75 Å². The average molecular weight is 418 g/mol. The second kappa shape index (κ2) is 8.25. The van der Waals surface area contributed by atoms with Gasteiger partial charge in [-0.25, -0.2) is 4.57 Å². The van der Waals surface area contributed by atoms with Crippen molar-refractivity contribution in [2.75, 3.05) is 0 Å². The van der Waals surface area contributed by atoms with Crippen LogP contribution >= 0.6 is 7.82 Å². The van der Waals surface area contributed by atoms with Crippen LogP contribution in [0.1, 0.15) is 12.0 Å². The van der Waals surface area contributed by atoms with E-state index in [0.717, 1.165) is 27.8 Å². The van der Waals surface area contributed by atoms with Crippen LogP contribution in [-0.2, 0) is 9.36 Å². The van der Waals surface area contributed by atoms with Crippen LogP contribution in [0.3, 0.4) is 0 Å². The van der Waals surface area contributed by atoms with Crippen molar-refractivity contribution in [3.8, 4) is 28.0 Å². The van der Waals surface area contributed by atoms with Gasteiger partial charge in [-0.05, 0) is 34.4 Å². The zero-order valence-electron chi connectivity index (χ0n) is 15.9. The van der Waals surface area contributed by atoms with Crippen LogP contribution in [0, 0.1) is 0 Å². The van der Waals surface area contributed by atoms with Gasteiger partial charge < -0.3 is 4.52 Å². The van der Waals surface area contributed by atoms with Gasteiger partial charge in [-0.2, -0.15) is 0 Å². The number of rotatable bonds is 5. The summed E-state index contributed by atoms with van der Waals surface area (Å²) in [5.74, 6) is 0.123. The van der Waals surface area contributed by atoms with E-state index in [0.29, 0.717) is 12.0 Å². The maximum absolute atomic E-state index is 11.7. The first-order valence-corrected chi connectivity index (χ1v) is 10.9. The normalized spacial score (nSPS) is 13.8. The predicted octanol–water partition coefficient (Wildman–Crippen LogP) is 5.40. The third kappa shape index (κ3) is 4.34. The van der Waals surface area contributed by atoms with Crippen LogP contribution in [0.25, 0.3) is 27.8 Å². The van der Waals surface area contributed by atoms with E-state index < -0.39 is 7.82 Å². The van der Waals surface area contributed by atoms with E-state index in [9.17, 15) is 19.1 Å². The molecule has 0 amide bonds. The Morgan fingerprint density at radius 1 is 0.767 bits per heavy atom. The molecule has 150 valence electrons. The summed E-state index contributed by atoms with van der Waals surface area (Å²) in [7, 11) is -4.78. The van der Waals surface area contributed by atoms with Gasteiger partial charge in [0.15, 0.2) is 5.78 Å². The van der Waals surface area contributed by atoms with Gasteiger partial charge in [0.1, 0.15) is 5.75 Å². The van der Waals surface area contributed by atoms with Crippen LogP contribution in [-0.4, -0.2) is 15.6 Å². The van der Waals surface area contributed by atoms with Crippen molar-refractivity contribution in [3.63, 3.8) is 0 Å². The molecular formula is C24H19O5P. The zero-order chi connectivity index (χ0) is 21.1. The molecule has 0 unspecified atom stereocenters. The molecule has 30 heavy (non-hydrogen) atoms. The minimum absolute atomic E-state index is 0.0322. The monoisotopic (exact) mass is 418 g/mol. The van der Waals surface area contributed by atoms with Crippen molar-refractivity contribution in [1.29, 1.82) is 0 Å². The summed E-state index contributed by atoms with van der Waals surface area (Å²) < 4.78 is 16.8. The molecule has 0 saturated heterocycles. The van der Waals surface area contributed by atoms with Crippen molar-refractivity contribution >= 4 is 19.2 Å². The molecule has 3 aromatic rings. The van der Waals surface area contributed by atoms with Crippen LogP contribution in [0.15, 0.2) is 91.0 Å². The summed E-state index contributed by atoms with van der Waals surface area (Å²) in [5.41, 5.74) is 4.70. The first-order valence-electron chi connectivity index (χ1n) is 9.37. The lowest BCUT2D eigenvalue weighted by atomic mass is 9.85. The Balaban J connectivity index is 2.05. The van der Waals surface area contributed by atoms with E-state index in [4.69, 9.17) is 4.52 Å². The Kier molecular flexibility index (Phi) is 5.51. The van der Waals surface area contributed by atoms with E-state index >= 15 is 0 Å². The number of hydrogen-bond acceptors (Lipinski definition) is 3. The smallest absolute Gasteiger partial charge is 0.404 e. The highest BCUT2D eigenvalue weighted by Crippen LogP contribution is 2.48. The number of allylic oxidation sites excluding steroid dienone is 4. The fraction of sp³-hybridized carbons (Fsp3) is 0.0417. The lowest BCUT2D eigenvalue weighted by molar-refractivity contribution is -0.113. The number of hydrogen-bond donors (Lipinski definition) is 2. The Morgan fingerprint density at radius 3 is 1.90 bits per heavy atom. The van der Waals surface area contributed by atoms with E-state index in [1.165, 1.54) is 0 Å². The lowest BCUT2D eigenvalue weighted by Gasteiger charge is -2.21. The summed E-state index contributed by atoms with van der Waals surface area (Å²) in [6.45, 7) is 0. The van der Waals surface area contributed by atoms with E-state index in [1.807, 2.05) is 66.7 Å². The summed E-state index contributed by atoms with van der Waals surface area (Å²) in [6.07, 6.45) is 5.49. The highest BCUT2D eigenvalue weighted by atomic mass is 31.2. The van der Waals surface area contributed by atoms with Gasteiger partial charge in [-0.3, -0.25) is 14.6 Å². The zero-order valence-corrected chi connectivity index (χ0v) is 16.8. The highest BCUT2D eigenvalue weighted by Gasteiger charge is 2.24. The van der Waals surface area contributed by atoms with Crippen molar-refractivity contribution in [2.45, 2.75) is 6.42 Å². The molecule has 0 radical (unpaired) electrons. The van der Waals surface area contributed by atoms with Crippen molar-refractivity contribution in [2.24, 2.45) is 0 Å². The quantitative estimate of drug-likeness (QED) is 0.542. The second-order valence-corrected chi connectivity index (χ2v) is 8.00. The number of ketones is 1. The molecule has 0 aliphatic heterocycles. The average Bonchev–Trinajstić information content (AvgIpc) is 2.74. The molecule has 1 aliphatic rings. The van der Waals surface area contributed by atoms with E-state index in [-0.39, 0.29) is 11.5 Å². The van der Waals surface area contributed by atoms with E-state index in [1.54, 1.807) is 24.3 Å². The predicted molar refractivity (Wildman–Crippen MR) is 117 cm³/mol. The molecule has 0 aromatic heterocycles. The third-order valence-corrected chi connectivity index (χ3v) is 5.23. The number of carbonyl (C=O) groups is 1. The topological polar surface area (TPSA) is 83.8 Å². The maximum Gasteiger partial charge on any atom is 0.524 e. The maximum atomic E-state index is 11.7. The van der Waals surface area contributed by atoms with Crippen LogP contribution < -0.4 is 4.52 Å². The molecule has 0 bridgehead atoms. The SMILES string of the molecule is O=C1C=CC(c2ccc(OP(=O)(O)O)c(-c3ccccc3)c2-c2ccccc2)=CC1. The molecule has 3 aromatic carbocycles. The Labute approximate surface area is 174 Å². The summed E-state index contributed by atoms with van der Waals surface area (Å²) in [6, 6.07) is 22.2. The van der Waals surface area contributed by atoms with Crippen LogP contribution in [0.2, 0.25) is 0 Å². The highest BCUT2D eigenvalue weighted by molar-refractivity contribution is 7.46. The van der Waals surface area contributed by atoms with Gasteiger partial charge >= 0.3 is 7.82 Å². The van der Waals surface area contributed by atoms with Crippen LogP contribution in [0.4, 0.5) is 0 Å². The molecule has 4 rings (SSSR count). The number of benzene rings is 3. The van der Waals surface area contributed by atoms with Gasteiger partial charge in [-0.1, -0.05) is 78.9 Å². The number of carbonyl (C=O) groups excluding carboxylic acids is 1. The Morgan fingerprint density at radius 2 is 1.37 bits per heavy atom. The molecule has 0 spiro atoms. The fourth-order valence-corrected chi connectivity index (χ4v) is 3.96. The number of phosphoric acid groups is 1. The molecule has 0 atom stereocenters. The molecule has 6 heteroatoms. The summed E-state index contributed by atoms with van der Waals surface area (Å²) in [5, 5.41) is 0. The van der Waals surface area contributed by atoms with Gasteiger partial charge in [0, 0.05) is 17.5 Å². The Hall–Kier alpha value is -3.24. The van der Waals surface area contributed by atoms with Gasteiger partial charge in [0.25, 0.3) is 0 Å². The summed E-state index contributed by atoms with van der Waals surface area (Å²) in [4.78, 5) is 30.6. The van der Waals surface area contributed by atoms with E-state index in [2.05, 4.69) is 0 Å².